The van der Waals surface area contributed by atoms with Gasteiger partial charge in [0.25, 0.3) is 0 Å². The second-order valence-electron chi connectivity index (χ2n) is 10.0. The molecule has 10 nitrogen and oxygen atoms in total. The molecule has 1 amide bonds. The Labute approximate surface area is 226 Å². The third-order valence-electron chi connectivity index (χ3n) is 6.77. The number of methoxy groups -OCH3 is 1. The summed E-state index contributed by atoms with van der Waals surface area (Å²) < 4.78 is 16.6. The van der Waals surface area contributed by atoms with Crippen molar-refractivity contribution in [2.24, 2.45) is 11.5 Å². The lowest BCUT2D eigenvalue weighted by Crippen LogP contribution is -2.35. The quantitative estimate of drug-likeness (QED) is 0.270. The van der Waals surface area contributed by atoms with Gasteiger partial charge in [-0.05, 0) is 56.7 Å². The first-order valence-electron chi connectivity index (χ1n) is 12.5. The van der Waals surface area contributed by atoms with Crippen molar-refractivity contribution < 1.29 is 34.0 Å². The standard InChI is InChI=1S/C29H33N3O7/c1-28(31)16-39-26-20(28)15-24(32-25(26)17-4-6-18(7-5-17)27(30)35)29(2,36)11-10-21(34)19-8-9-22(38-13-12-33)23(14-19)37-3/h4-9,14-15,33,36H,10-13,16,31H2,1-3H3,(H2,30,35). The maximum absolute atomic E-state index is 13.0. The molecule has 39 heavy (non-hydrogen) atoms. The SMILES string of the molecule is COc1cc(C(=O)CCC(C)(O)c2cc3c(c(-c4ccc(C(N)=O)cc4)n2)OCC3(C)N)ccc1OCCO. The van der Waals surface area contributed by atoms with Crippen molar-refractivity contribution in [3.05, 3.63) is 70.9 Å². The van der Waals surface area contributed by atoms with E-state index in [1.165, 1.54) is 7.11 Å². The normalized spacial score (nSPS) is 17.6. The van der Waals surface area contributed by atoms with E-state index in [1.807, 2.05) is 6.92 Å². The van der Waals surface area contributed by atoms with Gasteiger partial charge in [-0.1, -0.05) is 12.1 Å². The number of aliphatic hydroxyl groups excluding tert-OH is 1. The summed E-state index contributed by atoms with van der Waals surface area (Å²) in [6, 6.07) is 13.1. The number of primary amides is 1. The van der Waals surface area contributed by atoms with E-state index in [4.69, 9.17) is 35.8 Å². The van der Waals surface area contributed by atoms with Crippen LogP contribution in [0, 0.1) is 0 Å². The molecule has 0 bridgehead atoms. The average Bonchev–Trinajstić information content (AvgIpc) is 3.24. The summed E-state index contributed by atoms with van der Waals surface area (Å²) in [4.78, 5) is 29.3. The first kappa shape index (κ1) is 28.0. The van der Waals surface area contributed by atoms with Crippen LogP contribution in [0.25, 0.3) is 11.3 Å². The molecule has 206 valence electrons. The fourth-order valence-electron chi connectivity index (χ4n) is 4.41. The smallest absolute Gasteiger partial charge is 0.248 e. The van der Waals surface area contributed by atoms with Crippen molar-refractivity contribution in [2.45, 2.75) is 37.8 Å². The van der Waals surface area contributed by atoms with Crippen molar-refractivity contribution in [3.8, 4) is 28.5 Å². The number of nitrogens with two attached hydrogens (primary N) is 2. The van der Waals surface area contributed by atoms with E-state index in [2.05, 4.69) is 0 Å². The molecule has 2 unspecified atom stereocenters. The Morgan fingerprint density at radius 2 is 1.82 bits per heavy atom. The molecule has 1 aliphatic rings. The lowest BCUT2D eigenvalue weighted by molar-refractivity contribution is 0.0396. The van der Waals surface area contributed by atoms with E-state index in [0.29, 0.717) is 50.9 Å². The molecule has 2 atom stereocenters. The summed E-state index contributed by atoms with van der Waals surface area (Å²) in [5.74, 6) is 0.559. The summed E-state index contributed by atoms with van der Waals surface area (Å²) in [5.41, 5.74) is 12.5. The van der Waals surface area contributed by atoms with Crippen LogP contribution in [0.4, 0.5) is 0 Å². The minimum atomic E-state index is -1.47. The molecule has 0 saturated heterocycles. The van der Waals surface area contributed by atoms with Crippen LogP contribution in [0.3, 0.4) is 0 Å². The predicted octanol–water partition coefficient (Wildman–Crippen LogP) is 2.66. The van der Waals surface area contributed by atoms with E-state index < -0.39 is 17.0 Å². The number of aromatic nitrogens is 1. The van der Waals surface area contributed by atoms with Crippen molar-refractivity contribution in [1.82, 2.24) is 4.98 Å². The van der Waals surface area contributed by atoms with Crippen molar-refractivity contribution in [2.75, 3.05) is 26.9 Å². The lowest BCUT2D eigenvalue weighted by Gasteiger charge is -2.25. The molecule has 0 saturated carbocycles. The Balaban J connectivity index is 1.61. The highest BCUT2D eigenvalue weighted by Crippen LogP contribution is 2.44. The molecule has 0 spiro atoms. The molecule has 2 aromatic carbocycles. The highest BCUT2D eigenvalue weighted by atomic mass is 16.5. The minimum Gasteiger partial charge on any atom is -0.493 e. The van der Waals surface area contributed by atoms with Gasteiger partial charge in [-0.3, -0.25) is 9.59 Å². The van der Waals surface area contributed by atoms with Crippen LogP contribution in [0.5, 0.6) is 17.2 Å². The highest BCUT2D eigenvalue weighted by molar-refractivity contribution is 5.96. The zero-order valence-corrected chi connectivity index (χ0v) is 22.2. The number of carbonyl (C=O) groups excluding carboxylic acids is 2. The summed E-state index contributed by atoms with van der Waals surface area (Å²) >= 11 is 0. The van der Waals surface area contributed by atoms with E-state index in [-0.39, 0.29) is 38.4 Å². The van der Waals surface area contributed by atoms with Gasteiger partial charge in [-0.2, -0.15) is 0 Å². The van der Waals surface area contributed by atoms with E-state index in [1.54, 1.807) is 55.5 Å². The first-order valence-corrected chi connectivity index (χ1v) is 12.5. The molecule has 4 rings (SSSR count). The summed E-state index contributed by atoms with van der Waals surface area (Å²) in [6.45, 7) is 3.63. The van der Waals surface area contributed by atoms with Crippen LogP contribution in [0.1, 0.15) is 58.7 Å². The third-order valence-corrected chi connectivity index (χ3v) is 6.77. The van der Waals surface area contributed by atoms with Gasteiger partial charge in [0.2, 0.25) is 5.91 Å². The van der Waals surface area contributed by atoms with Crippen LogP contribution >= 0.6 is 0 Å². The van der Waals surface area contributed by atoms with Crippen LogP contribution in [0.15, 0.2) is 48.5 Å². The van der Waals surface area contributed by atoms with Gasteiger partial charge in [0.05, 0.1) is 24.9 Å². The number of ether oxygens (including phenoxy) is 3. The Bertz CT molecular complexity index is 1380. The molecule has 0 aliphatic carbocycles. The Morgan fingerprint density at radius 1 is 1.13 bits per heavy atom. The number of ketones is 1. The fraction of sp³-hybridized carbons (Fsp3) is 0.345. The topological polar surface area (TPSA) is 167 Å². The largest absolute Gasteiger partial charge is 0.493 e. The van der Waals surface area contributed by atoms with Gasteiger partial charge in [-0.15, -0.1) is 0 Å². The molecular formula is C29H33N3O7. The third kappa shape index (κ3) is 5.88. The summed E-state index contributed by atoms with van der Waals surface area (Å²) in [6.07, 6.45) is 0.121. The molecule has 0 fully saturated rings. The van der Waals surface area contributed by atoms with Crippen LogP contribution in [-0.2, 0) is 11.1 Å². The van der Waals surface area contributed by atoms with Gasteiger partial charge in [0, 0.05) is 28.7 Å². The summed E-state index contributed by atoms with van der Waals surface area (Å²) in [7, 11) is 1.47. The number of fused-ring (bicyclic) bond motifs is 1. The summed E-state index contributed by atoms with van der Waals surface area (Å²) in [5, 5.41) is 20.5. The highest BCUT2D eigenvalue weighted by Gasteiger charge is 2.38. The maximum Gasteiger partial charge on any atom is 0.248 e. The number of benzene rings is 2. The molecule has 1 aromatic heterocycles. The molecule has 10 heteroatoms. The molecule has 2 heterocycles. The van der Waals surface area contributed by atoms with Gasteiger partial charge in [0.1, 0.15) is 24.5 Å². The van der Waals surface area contributed by atoms with Crippen molar-refractivity contribution in [1.29, 1.82) is 0 Å². The number of Topliss-reactive ketones (excluding diaryl/α,β-unsaturated/α-hetero) is 1. The number of rotatable bonds is 11. The number of nitrogens with zero attached hydrogens (tertiary/aromatic N) is 1. The number of carbonyl (C=O) groups is 2. The van der Waals surface area contributed by atoms with Gasteiger partial charge < -0.3 is 35.9 Å². The number of aliphatic hydroxyl groups is 2. The zero-order chi connectivity index (χ0) is 28.4. The van der Waals surface area contributed by atoms with Crippen LogP contribution < -0.4 is 25.7 Å². The van der Waals surface area contributed by atoms with Gasteiger partial charge in [0.15, 0.2) is 23.0 Å². The molecule has 1 aliphatic heterocycles. The number of amides is 1. The number of pyridine rings is 1. The molecular weight excluding hydrogens is 502 g/mol. The zero-order valence-electron chi connectivity index (χ0n) is 22.2. The maximum atomic E-state index is 13.0. The van der Waals surface area contributed by atoms with Crippen LogP contribution in [-0.4, -0.2) is 53.8 Å². The van der Waals surface area contributed by atoms with E-state index in [0.717, 1.165) is 0 Å². The first-order chi connectivity index (χ1) is 18.5. The minimum absolute atomic E-state index is 0.0325. The number of hydrogen-bond donors (Lipinski definition) is 4. The predicted molar refractivity (Wildman–Crippen MR) is 144 cm³/mol. The molecule has 3 aromatic rings. The van der Waals surface area contributed by atoms with Crippen molar-refractivity contribution in [3.63, 3.8) is 0 Å². The van der Waals surface area contributed by atoms with Gasteiger partial charge in [-0.25, -0.2) is 4.98 Å². The van der Waals surface area contributed by atoms with Crippen molar-refractivity contribution >= 4 is 11.7 Å². The average molecular weight is 536 g/mol. The lowest BCUT2D eigenvalue weighted by atomic mass is 9.88. The molecule has 6 N–H and O–H groups in total. The van der Waals surface area contributed by atoms with Gasteiger partial charge >= 0.3 is 0 Å². The van der Waals surface area contributed by atoms with Crippen LogP contribution in [0.2, 0.25) is 0 Å². The molecule has 0 radical (unpaired) electrons. The monoisotopic (exact) mass is 535 g/mol. The Hall–Kier alpha value is -3.99. The number of hydrogen-bond acceptors (Lipinski definition) is 9. The Morgan fingerprint density at radius 3 is 2.46 bits per heavy atom. The van der Waals surface area contributed by atoms with E-state index >= 15 is 0 Å². The second-order valence-corrected chi connectivity index (χ2v) is 10.0. The Kier molecular flexibility index (Phi) is 7.91. The fourth-order valence-corrected chi connectivity index (χ4v) is 4.41. The second kappa shape index (κ2) is 11.0. The van der Waals surface area contributed by atoms with E-state index in [9.17, 15) is 14.7 Å².